The molecule has 1 saturated carbocycles. The molecule has 1 aliphatic carbocycles. The van der Waals surface area contributed by atoms with Gasteiger partial charge in [0, 0.05) is 6.04 Å². The third kappa shape index (κ3) is 2.80. The molecule has 0 atom stereocenters. The van der Waals surface area contributed by atoms with Gasteiger partial charge in [-0.05, 0) is 58.2 Å². The van der Waals surface area contributed by atoms with E-state index >= 15 is 0 Å². The van der Waals surface area contributed by atoms with Gasteiger partial charge in [-0.1, -0.05) is 0 Å². The first kappa shape index (κ1) is 17.2. The number of benzene rings is 1. The maximum Gasteiger partial charge on any atom is 0.418 e. The number of nitrogens with zero attached hydrogens (tertiary/aromatic N) is 2. The molecule has 0 radical (unpaired) electrons. The number of imidazole rings is 1. The molecule has 24 heavy (non-hydrogen) atoms. The van der Waals surface area contributed by atoms with Crippen molar-refractivity contribution in [1.29, 1.82) is 0 Å². The molecule has 4 nitrogen and oxygen atoms in total. The monoisotopic (exact) mass is 342 g/mol. The van der Waals surface area contributed by atoms with E-state index in [1.165, 1.54) is 18.4 Å². The Morgan fingerprint density at radius 2 is 1.83 bits per heavy atom. The van der Waals surface area contributed by atoms with Gasteiger partial charge in [-0.3, -0.25) is 0 Å². The van der Waals surface area contributed by atoms with E-state index in [4.69, 9.17) is 0 Å². The van der Waals surface area contributed by atoms with Crippen molar-refractivity contribution < 1.29 is 23.4 Å². The predicted molar refractivity (Wildman–Crippen MR) is 83.6 cm³/mol. The molecule has 0 spiro atoms. The zero-order chi connectivity index (χ0) is 18.1. The first-order valence-corrected chi connectivity index (χ1v) is 7.85. The Bertz CT molecular complexity index is 793. The summed E-state index contributed by atoms with van der Waals surface area (Å²) in [5.41, 5.74) is -2.40. The molecule has 132 valence electrons. The van der Waals surface area contributed by atoms with Crippen molar-refractivity contribution in [2.24, 2.45) is 0 Å². The largest absolute Gasteiger partial charge is 0.418 e. The van der Waals surface area contributed by atoms with Gasteiger partial charge in [0.05, 0.1) is 22.2 Å². The molecule has 0 amide bonds. The molecule has 1 heterocycles. The molecule has 0 bridgehead atoms. The smallest absolute Gasteiger partial charge is 0.390 e. The lowest BCUT2D eigenvalue weighted by atomic mass is 9.76. The minimum atomic E-state index is -4.52. The molecule has 0 saturated heterocycles. The van der Waals surface area contributed by atoms with Gasteiger partial charge in [0.15, 0.2) is 0 Å². The molecule has 7 heteroatoms. The van der Waals surface area contributed by atoms with E-state index in [0.29, 0.717) is 18.4 Å². The van der Waals surface area contributed by atoms with Crippen LogP contribution >= 0.6 is 0 Å². The van der Waals surface area contributed by atoms with Crippen molar-refractivity contribution in [2.75, 3.05) is 0 Å². The molecule has 1 aromatic heterocycles. The fourth-order valence-corrected chi connectivity index (χ4v) is 3.51. The molecule has 1 aromatic carbocycles. The Morgan fingerprint density at radius 1 is 1.25 bits per heavy atom. The molecule has 2 N–H and O–H groups in total. The predicted octanol–water partition coefficient (Wildman–Crippen LogP) is 3.68. The van der Waals surface area contributed by atoms with Crippen LogP contribution in [-0.4, -0.2) is 25.4 Å². The van der Waals surface area contributed by atoms with Crippen LogP contribution in [0.25, 0.3) is 11.0 Å². The lowest BCUT2D eigenvalue weighted by molar-refractivity contribution is -0.136. The van der Waals surface area contributed by atoms with E-state index in [1.807, 2.05) is 0 Å². The van der Waals surface area contributed by atoms with Gasteiger partial charge in [-0.2, -0.15) is 13.2 Å². The van der Waals surface area contributed by atoms with Gasteiger partial charge in [0.2, 0.25) is 0 Å². The van der Waals surface area contributed by atoms with Crippen molar-refractivity contribution >= 4 is 11.0 Å². The maximum absolute atomic E-state index is 13.6. The van der Waals surface area contributed by atoms with E-state index in [9.17, 15) is 23.4 Å². The summed E-state index contributed by atoms with van der Waals surface area (Å²) in [6.45, 7) is 6.25. The van der Waals surface area contributed by atoms with Crippen LogP contribution in [0.5, 0.6) is 0 Å². The molecular formula is C17H21F3N2O2. The van der Waals surface area contributed by atoms with Crippen molar-refractivity contribution in [3.8, 4) is 0 Å². The number of alkyl halides is 3. The highest BCUT2D eigenvalue weighted by atomic mass is 19.4. The number of fused-ring (bicyclic) bond motifs is 1. The summed E-state index contributed by atoms with van der Waals surface area (Å²) in [5, 5.41) is 20.4. The number of aliphatic hydroxyl groups is 2. The van der Waals surface area contributed by atoms with E-state index < -0.39 is 22.9 Å². The first-order chi connectivity index (χ1) is 10.8. The Hall–Kier alpha value is -1.60. The standard InChI is InChI=1S/C17H21F3N2O2/c1-9-5-11(17(18,19)20)13-12(6-9)21-14(15(2,3)23)22(13)10-7-16(4,24)8-10/h5-6,10,23-24H,7-8H2,1-4H3. The second-order valence-electron chi connectivity index (χ2n) is 7.60. The Kier molecular flexibility index (Phi) is 3.56. The summed E-state index contributed by atoms with van der Waals surface area (Å²) >= 11 is 0. The van der Waals surface area contributed by atoms with E-state index in [2.05, 4.69) is 4.98 Å². The highest BCUT2D eigenvalue weighted by Crippen LogP contribution is 2.46. The first-order valence-electron chi connectivity index (χ1n) is 7.85. The normalized spacial score (nSPS) is 25.1. The topological polar surface area (TPSA) is 58.3 Å². The van der Waals surface area contributed by atoms with Crippen LogP contribution in [0.15, 0.2) is 12.1 Å². The number of aryl methyl sites for hydroxylation is 1. The number of hydrogen-bond acceptors (Lipinski definition) is 3. The van der Waals surface area contributed by atoms with Gasteiger partial charge in [0.25, 0.3) is 0 Å². The van der Waals surface area contributed by atoms with Gasteiger partial charge in [-0.15, -0.1) is 0 Å². The summed E-state index contributed by atoms with van der Waals surface area (Å²) < 4.78 is 42.2. The van der Waals surface area contributed by atoms with Crippen LogP contribution in [0.1, 0.15) is 56.6 Å². The van der Waals surface area contributed by atoms with Crippen LogP contribution in [0.3, 0.4) is 0 Å². The third-order valence-electron chi connectivity index (χ3n) is 4.50. The lowest BCUT2D eigenvalue weighted by Crippen LogP contribution is -2.43. The summed E-state index contributed by atoms with van der Waals surface area (Å²) in [6.07, 6.45) is -3.87. The minimum Gasteiger partial charge on any atom is -0.390 e. The van der Waals surface area contributed by atoms with E-state index in [1.54, 1.807) is 19.9 Å². The second kappa shape index (κ2) is 4.95. The fourth-order valence-electron chi connectivity index (χ4n) is 3.51. The average Bonchev–Trinajstić information content (AvgIpc) is 2.72. The van der Waals surface area contributed by atoms with Crippen LogP contribution in [-0.2, 0) is 11.8 Å². The average molecular weight is 342 g/mol. The highest BCUT2D eigenvalue weighted by molar-refractivity contribution is 5.82. The summed E-state index contributed by atoms with van der Waals surface area (Å²) in [4.78, 5) is 4.30. The molecule has 1 aliphatic rings. The van der Waals surface area contributed by atoms with Gasteiger partial charge < -0.3 is 14.8 Å². The van der Waals surface area contributed by atoms with Gasteiger partial charge in [0.1, 0.15) is 11.4 Å². The van der Waals surface area contributed by atoms with Crippen molar-refractivity contribution in [1.82, 2.24) is 9.55 Å². The van der Waals surface area contributed by atoms with Crippen LogP contribution in [0.4, 0.5) is 13.2 Å². The Labute approximate surface area is 137 Å². The van der Waals surface area contributed by atoms with Crippen LogP contribution in [0.2, 0.25) is 0 Å². The van der Waals surface area contributed by atoms with Crippen molar-refractivity contribution in [3.05, 3.63) is 29.1 Å². The molecule has 2 aromatic rings. The number of hydrogen-bond donors (Lipinski definition) is 2. The quantitative estimate of drug-likeness (QED) is 0.875. The van der Waals surface area contributed by atoms with Crippen LogP contribution < -0.4 is 0 Å². The van der Waals surface area contributed by atoms with Crippen molar-refractivity contribution in [3.63, 3.8) is 0 Å². The minimum absolute atomic E-state index is 0.0225. The maximum atomic E-state index is 13.6. The fraction of sp³-hybridized carbons (Fsp3) is 0.588. The zero-order valence-corrected chi connectivity index (χ0v) is 14.1. The molecule has 0 aliphatic heterocycles. The number of halogens is 3. The number of rotatable bonds is 2. The molecule has 0 unspecified atom stereocenters. The SMILES string of the molecule is Cc1cc(C(F)(F)F)c2c(c1)nc(C(C)(C)O)n2C1CC(C)(O)C1. The second-order valence-corrected chi connectivity index (χ2v) is 7.60. The lowest BCUT2D eigenvalue weighted by Gasteiger charge is -2.43. The number of aromatic nitrogens is 2. The molecule has 3 rings (SSSR count). The Morgan fingerprint density at radius 3 is 2.29 bits per heavy atom. The van der Waals surface area contributed by atoms with Gasteiger partial charge in [-0.25, -0.2) is 4.98 Å². The van der Waals surface area contributed by atoms with E-state index in [0.717, 1.165) is 6.07 Å². The Balaban J connectivity index is 2.33. The molecule has 1 fully saturated rings. The summed E-state index contributed by atoms with van der Waals surface area (Å²) in [5.74, 6) is 0.189. The summed E-state index contributed by atoms with van der Waals surface area (Å²) in [6, 6.07) is 2.37. The van der Waals surface area contributed by atoms with Crippen molar-refractivity contribution in [2.45, 2.75) is 64.0 Å². The van der Waals surface area contributed by atoms with Crippen LogP contribution in [0, 0.1) is 6.92 Å². The highest BCUT2D eigenvalue weighted by Gasteiger charge is 2.44. The van der Waals surface area contributed by atoms with E-state index in [-0.39, 0.29) is 22.9 Å². The molecular weight excluding hydrogens is 321 g/mol. The summed E-state index contributed by atoms with van der Waals surface area (Å²) in [7, 11) is 0. The third-order valence-corrected chi connectivity index (χ3v) is 4.50. The zero-order valence-electron chi connectivity index (χ0n) is 14.1. The van der Waals surface area contributed by atoms with Gasteiger partial charge >= 0.3 is 6.18 Å².